The molecule has 1 aliphatic rings. The van der Waals surface area contributed by atoms with Gasteiger partial charge >= 0.3 is 0 Å². The molecule has 0 unspecified atom stereocenters. The zero-order valence-electron chi connectivity index (χ0n) is 10.6. The largest absolute Gasteiger partial charge is 0.396 e. The zero-order chi connectivity index (χ0) is 11.5. The Bertz CT molecular complexity index is 198. The van der Waals surface area contributed by atoms with E-state index >= 15 is 0 Å². The van der Waals surface area contributed by atoms with Gasteiger partial charge < -0.3 is 15.3 Å². The number of nitrogens with one attached hydrogen (secondary N) is 1. The Morgan fingerprint density at radius 1 is 1.33 bits per heavy atom. The highest BCUT2D eigenvalue weighted by Crippen LogP contribution is 2.35. The number of likely N-dealkylation sites (N-methyl/N-ethyl adjacent to an activating group) is 1. The van der Waals surface area contributed by atoms with Crippen molar-refractivity contribution in [1.29, 1.82) is 0 Å². The summed E-state index contributed by atoms with van der Waals surface area (Å²) in [4.78, 5) is 2.34. The van der Waals surface area contributed by atoms with E-state index in [1.54, 1.807) is 0 Å². The van der Waals surface area contributed by atoms with Crippen molar-refractivity contribution in [3.8, 4) is 0 Å². The van der Waals surface area contributed by atoms with Gasteiger partial charge in [-0.3, -0.25) is 0 Å². The lowest BCUT2D eigenvalue weighted by molar-refractivity contribution is 0.0547. The second-order valence-corrected chi connectivity index (χ2v) is 5.90. The number of hydrogen-bond acceptors (Lipinski definition) is 3. The predicted octanol–water partition coefficient (Wildman–Crippen LogP) is 1.08. The third-order valence-corrected chi connectivity index (χ3v) is 3.72. The minimum absolute atomic E-state index is 0.00273. The van der Waals surface area contributed by atoms with Crippen molar-refractivity contribution in [2.75, 3.05) is 33.8 Å². The first-order chi connectivity index (χ1) is 6.92. The average molecular weight is 214 g/mol. The van der Waals surface area contributed by atoms with E-state index in [-0.39, 0.29) is 12.0 Å². The molecule has 3 heteroatoms. The van der Waals surface area contributed by atoms with Crippen LogP contribution in [0.2, 0.25) is 0 Å². The molecule has 0 spiro atoms. The van der Waals surface area contributed by atoms with E-state index in [2.05, 4.69) is 38.2 Å². The molecule has 1 saturated carbocycles. The summed E-state index contributed by atoms with van der Waals surface area (Å²) in [5, 5.41) is 12.7. The topological polar surface area (TPSA) is 35.5 Å². The number of nitrogens with zero attached hydrogens (tertiary/aromatic N) is 1. The van der Waals surface area contributed by atoms with Gasteiger partial charge in [-0.25, -0.2) is 0 Å². The molecule has 1 fully saturated rings. The normalized spacial score (nSPS) is 20.4. The molecule has 0 saturated heterocycles. The first kappa shape index (κ1) is 12.9. The molecule has 1 rings (SSSR count). The van der Waals surface area contributed by atoms with E-state index in [0.29, 0.717) is 5.54 Å². The van der Waals surface area contributed by atoms with Gasteiger partial charge in [-0.1, -0.05) is 13.8 Å². The maximum Gasteiger partial charge on any atom is 0.0494 e. The van der Waals surface area contributed by atoms with Crippen LogP contribution in [0.4, 0.5) is 0 Å². The van der Waals surface area contributed by atoms with Gasteiger partial charge in [-0.05, 0) is 33.4 Å². The van der Waals surface area contributed by atoms with Crippen molar-refractivity contribution in [1.82, 2.24) is 10.2 Å². The molecule has 0 aromatic rings. The first-order valence-electron chi connectivity index (χ1n) is 5.91. The lowest BCUT2D eigenvalue weighted by atomic mass is 9.75. The van der Waals surface area contributed by atoms with E-state index < -0.39 is 0 Å². The second-order valence-electron chi connectivity index (χ2n) is 5.90. The van der Waals surface area contributed by atoms with Crippen LogP contribution in [0.3, 0.4) is 0 Å². The Morgan fingerprint density at radius 2 is 1.93 bits per heavy atom. The summed E-state index contributed by atoms with van der Waals surface area (Å²) in [5.41, 5.74) is 0.378. The summed E-state index contributed by atoms with van der Waals surface area (Å²) in [6.45, 7) is 6.35. The van der Waals surface area contributed by atoms with Gasteiger partial charge in [0.15, 0.2) is 0 Å². The van der Waals surface area contributed by atoms with Crippen LogP contribution in [0, 0.1) is 5.41 Å². The lowest BCUT2D eigenvalue weighted by Gasteiger charge is -2.48. The summed E-state index contributed by atoms with van der Waals surface area (Å²) >= 11 is 0. The molecule has 90 valence electrons. The second kappa shape index (κ2) is 4.81. The van der Waals surface area contributed by atoms with Gasteiger partial charge in [-0.15, -0.1) is 0 Å². The summed E-state index contributed by atoms with van der Waals surface area (Å²) in [7, 11) is 4.33. The fraction of sp³-hybridized carbons (Fsp3) is 1.00. The predicted molar refractivity (Wildman–Crippen MR) is 64.0 cm³/mol. The van der Waals surface area contributed by atoms with Crippen LogP contribution in [0.5, 0.6) is 0 Å². The minimum Gasteiger partial charge on any atom is -0.396 e. The van der Waals surface area contributed by atoms with Crippen LogP contribution in [0.15, 0.2) is 0 Å². The van der Waals surface area contributed by atoms with Crippen molar-refractivity contribution in [3.05, 3.63) is 0 Å². The molecule has 0 aromatic heterocycles. The smallest absolute Gasteiger partial charge is 0.0494 e. The van der Waals surface area contributed by atoms with Crippen molar-refractivity contribution >= 4 is 0 Å². The van der Waals surface area contributed by atoms with Crippen molar-refractivity contribution in [2.45, 2.75) is 38.6 Å². The Hall–Kier alpha value is -0.120. The molecule has 0 atom stereocenters. The standard InChI is InChI=1S/C12H26N2O/c1-11(2,10-15)8-13-9-12(14(3)4)6-5-7-12/h13,15H,5-10H2,1-4H3. The Kier molecular flexibility index (Phi) is 4.15. The van der Waals surface area contributed by atoms with Gasteiger partial charge in [0.25, 0.3) is 0 Å². The molecule has 0 bridgehead atoms. The first-order valence-corrected chi connectivity index (χ1v) is 5.91. The summed E-state index contributed by atoms with van der Waals surface area (Å²) in [6.07, 6.45) is 3.95. The molecule has 1 aliphatic carbocycles. The highest BCUT2D eigenvalue weighted by Gasteiger charge is 2.38. The molecular formula is C12H26N2O. The quantitative estimate of drug-likeness (QED) is 0.694. The maximum absolute atomic E-state index is 9.15. The number of aliphatic hydroxyl groups is 1. The molecule has 2 N–H and O–H groups in total. The zero-order valence-corrected chi connectivity index (χ0v) is 10.6. The third kappa shape index (κ3) is 3.16. The van der Waals surface area contributed by atoms with Crippen molar-refractivity contribution in [3.63, 3.8) is 0 Å². The van der Waals surface area contributed by atoms with Crippen LogP contribution < -0.4 is 5.32 Å². The Morgan fingerprint density at radius 3 is 2.27 bits per heavy atom. The summed E-state index contributed by atoms with van der Waals surface area (Å²) in [6, 6.07) is 0. The minimum atomic E-state index is -0.00273. The van der Waals surface area contributed by atoms with Gasteiger partial charge in [0, 0.05) is 30.7 Å². The van der Waals surface area contributed by atoms with Crippen molar-refractivity contribution < 1.29 is 5.11 Å². The lowest BCUT2D eigenvalue weighted by Crippen LogP contribution is -2.57. The fourth-order valence-electron chi connectivity index (χ4n) is 2.06. The Labute approximate surface area is 93.9 Å². The summed E-state index contributed by atoms with van der Waals surface area (Å²) < 4.78 is 0. The van der Waals surface area contributed by atoms with Gasteiger partial charge in [-0.2, -0.15) is 0 Å². The van der Waals surface area contributed by atoms with E-state index in [9.17, 15) is 0 Å². The average Bonchev–Trinajstić information content (AvgIpc) is 2.09. The SMILES string of the molecule is CN(C)C1(CNCC(C)(C)CO)CCC1. The third-order valence-electron chi connectivity index (χ3n) is 3.72. The highest BCUT2D eigenvalue weighted by atomic mass is 16.3. The van der Waals surface area contributed by atoms with Gasteiger partial charge in [0.2, 0.25) is 0 Å². The molecule has 0 heterocycles. The van der Waals surface area contributed by atoms with Crippen LogP contribution in [-0.4, -0.2) is 49.3 Å². The summed E-state index contributed by atoms with van der Waals surface area (Å²) in [5.74, 6) is 0. The van der Waals surface area contributed by atoms with Crippen LogP contribution in [0.25, 0.3) is 0 Å². The molecule has 0 aliphatic heterocycles. The number of rotatable bonds is 6. The van der Waals surface area contributed by atoms with E-state index in [0.717, 1.165) is 13.1 Å². The highest BCUT2D eigenvalue weighted by molar-refractivity contribution is 4.97. The van der Waals surface area contributed by atoms with Gasteiger partial charge in [0.1, 0.15) is 0 Å². The molecule has 0 aromatic carbocycles. The molecular weight excluding hydrogens is 188 g/mol. The van der Waals surface area contributed by atoms with E-state index in [4.69, 9.17) is 5.11 Å². The van der Waals surface area contributed by atoms with Crippen LogP contribution >= 0.6 is 0 Å². The molecule has 15 heavy (non-hydrogen) atoms. The van der Waals surface area contributed by atoms with E-state index in [1.807, 2.05) is 0 Å². The molecule has 0 radical (unpaired) electrons. The van der Waals surface area contributed by atoms with Crippen molar-refractivity contribution in [2.24, 2.45) is 5.41 Å². The van der Waals surface area contributed by atoms with Crippen LogP contribution in [-0.2, 0) is 0 Å². The van der Waals surface area contributed by atoms with E-state index in [1.165, 1.54) is 19.3 Å². The monoisotopic (exact) mass is 214 g/mol. The number of aliphatic hydroxyl groups excluding tert-OH is 1. The molecule has 3 nitrogen and oxygen atoms in total. The number of hydrogen-bond donors (Lipinski definition) is 2. The Balaban J connectivity index is 2.30. The van der Waals surface area contributed by atoms with Gasteiger partial charge in [0.05, 0.1) is 0 Å². The fourth-order valence-corrected chi connectivity index (χ4v) is 2.06. The van der Waals surface area contributed by atoms with Crippen LogP contribution in [0.1, 0.15) is 33.1 Å². The molecule has 0 amide bonds. The maximum atomic E-state index is 9.15.